The number of amides is 2. The van der Waals surface area contributed by atoms with Gasteiger partial charge in [0.15, 0.2) is 0 Å². The molecule has 0 radical (unpaired) electrons. The fourth-order valence-electron chi connectivity index (χ4n) is 2.05. The first kappa shape index (κ1) is 15.5. The van der Waals surface area contributed by atoms with Gasteiger partial charge in [-0.1, -0.05) is 36.4 Å². The predicted octanol–water partition coefficient (Wildman–Crippen LogP) is 2.85. The van der Waals surface area contributed by atoms with Crippen molar-refractivity contribution in [3.8, 4) is 0 Å². The van der Waals surface area contributed by atoms with E-state index in [9.17, 15) is 4.79 Å². The second-order valence-electron chi connectivity index (χ2n) is 5.04. The van der Waals surface area contributed by atoms with Crippen molar-refractivity contribution in [3.05, 3.63) is 58.3 Å². The second kappa shape index (κ2) is 7.81. The molecular weight excluding hydrogens is 282 g/mol. The molecule has 0 saturated heterocycles. The Balaban J connectivity index is 1.80. The summed E-state index contributed by atoms with van der Waals surface area (Å²) < 4.78 is 0. The number of hydrogen-bond donors (Lipinski definition) is 2. The van der Waals surface area contributed by atoms with E-state index in [1.54, 1.807) is 11.3 Å². The number of benzene rings is 1. The van der Waals surface area contributed by atoms with E-state index in [4.69, 9.17) is 0 Å². The van der Waals surface area contributed by atoms with Crippen LogP contribution in [0.25, 0.3) is 0 Å². The normalized spacial score (nSPS) is 12.1. The Morgan fingerprint density at radius 1 is 1.14 bits per heavy atom. The molecule has 1 heterocycles. The van der Waals surface area contributed by atoms with Gasteiger partial charge in [0.25, 0.3) is 0 Å². The van der Waals surface area contributed by atoms with Gasteiger partial charge >= 0.3 is 6.03 Å². The third-order valence-electron chi connectivity index (χ3n) is 3.25. The molecule has 2 rings (SSSR count). The van der Waals surface area contributed by atoms with Crippen LogP contribution in [0.3, 0.4) is 0 Å². The lowest BCUT2D eigenvalue weighted by molar-refractivity contribution is 0.233. The van der Waals surface area contributed by atoms with Crippen LogP contribution in [0.2, 0.25) is 0 Å². The van der Waals surface area contributed by atoms with Gasteiger partial charge in [-0.2, -0.15) is 0 Å². The van der Waals surface area contributed by atoms with Crippen LogP contribution in [0.15, 0.2) is 47.8 Å². The van der Waals surface area contributed by atoms with Gasteiger partial charge in [-0.15, -0.1) is 11.3 Å². The second-order valence-corrected chi connectivity index (χ2v) is 6.02. The number of hydrogen-bond acceptors (Lipinski definition) is 3. The zero-order valence-electron chi connectivity index (χ0n) is 12.4. The Morgan fingerprint density at radius 3 is 2.52 bits per heavy atom. The van der Waals surface area contributed by atoms with E-state index < -0.39 is 0 Å². The molecule has 1 unspecified atom stereocenters. The number of carbonyl (C=O) groups is 1. The monoisotopic (exact) mass is 303 g/mol. The van der Waals surface area contributed by atoms with Crippen LogP contribution >= 0.6 is 11.3 Å². The van der Waals surface area contributed by atoms with Crippen molar-refractivity contribution in [3.63, 3.8) is 0 Å². The summed E-state index contributed by atoms with van der Waals surface area (Å²) in [4.78, 5) is 15.2. The molecule has 0 aliphatic heterocycles. The summed E-state index contributed by atoms with van der Waals surface area (Å²) >= 11 is 1.71. The molecule has 4 nitrogen and oxygen atoms in total. The first-order chi connectivity index (χ1) is 10.2. The van der Waals surface area contributed by atoms with Crippen LogP contribution in [0.5, 0.6) is 0 Å². The Morgan fingerprint density at radius 2 is 1.90 bits per heavy atom. The number of urea groups is 1. The van der Waals surface area contributed by atoms with Gasteiger partial charge in [0.2, 0.25) is 0 Å². The average Bonchev–Trinajstić information content (AvgIpc) is 3.00. The van der Waals surface area contributed by atoms with E-state index in [0.29, 0.717) is 13.1 Å². The van der Waals surface area contributed by atoms with Crippen LogP contribution in [0, 0.1) is 0 Å². The molecule has 0 aliphatic rings. The Hall–Kier alpha value is -1.85. The van der Waals surface area contributed by atoms with Crippen LogP contribution in [0.4, 0.5) is 4.79 Å². The van der Waals surface area contributed by atoms with Gasteiger partial charge < -0.3 is 15.5 Å². The van der Waals surface area contributed by atoms with Crippen LogP contribution in [0.1, 0.15) is 16.5 Å². The van der Waals surface area contributed by atoms with E-state index in [-0.39, 0.29) is 12.1 Å². The van der Waals surface area contributed by atoms with Gasteiger partial charge in [-0.3, -0.25) is 0 Å². The fraction of sp³-hybridized carbons (Fsp3) is 0.312. The smallest absolute Gasteiger partial charge is 0.315 e. The molecule has 1 atom stereocenters. The molecule has 2 aromatic rings. The summed E-state index contributed by atoms with van der Waals surface area (Å²) in [6, 6.07) is 14.1. The Labute approximate surface area is 129 Å². The standard InChI is InChI=1S/C16H21N3OS/c1-19(2)14(15-9-6-10-21-15)12-18-16(20)17-11-13-7-4-3-5-8-13/h3-10,14H,11-12H2,1-2H3,(H2,17,18,20). The molecule has 1 aromatic carbocycles. The third-order valence-corrected chi connectivity index (χ3v) is 4.22. The highest BCUT2D eigenvalue weighted by Gasteiger charge is 2.15. The van der Waals surface area contributed by atoms with E-state index in [0.717, 1.165) is 5.56 Å². The van der Waals surface area contributed by atoms with Crippen LogP contribution in [-0.2, 0) is 6.54 Å². The van der Waals surface area contributed by atoms with E-state index in [2.05, 4.69) is 27.0 Å². The summed E-state index contributed by atoms with van der Waals surface area (Å²) in [6.07, 6.45) is 0. The molecule has 1 aromatic heterocycles. The van der Waals surface area contributed by atoms with Gasteiger partial charge in [0, 0.05) is 18.0 Å². The fourth-order valence-corrected chi connectivity index (χ4v) is 2.97. The number of carbonyl (C=O) groups excluding carboxylic acids is 1. The van der Waals surface area contributed by atoms with Crippen molar-refractivity contribution >= 4 is 17.4 Å². The summed E-state index contributed by atoms with van der Waals surface area (Å²) in [5.41, 5.74) is 1.09. The molecule has 0 saturated carbocycles. The zero-order valence-corrected chi connectivity index (χ0v) is 13.2. The Kier molecular flexibility index (Phi) is 5.78. The number of thiophene rings is 1. The highest BCUT2D eigenvalue weighted by Crippen LogP contribution is 2.22. The number of likely N-dealkylation sites (N-methyl/N-ethyl adjacent to an activating group) is 1. The number of rotatable bonds is 6. The number of nitrogens with one attached hydrogen (secondary N) is 2. The maximum atomic E-state index is 11.9. The topological polar surface area (TPSA) is 44.4 Å². The third kappa shape index (κ3) is 4.88. The average molecular weight is 303 g/mol. The minimum Gasteiger partial charge on any atom is -0.336 e. The van der Waals surface area contributed by atoms with Crippen molar-refractivity contribution in [2.75, 3.05) is 20.6 Å². The SMILES string of the molecule is CN(C)C(CNC(=O)NCc1ccccc1)c1cccs1. The summed E-state index contributed by atoms with van der Waals surface area (Å²) in [6.45, 7) is 1.13. The van der Waals surface area contributed by atoms with Gasteiger partial charge in [-0.05, 0) is 31.1 Å². The summed E-state index contributed by atoms with van der Waals surface area (Å²) in [5.74, 6) is 0. The van der Waals surface area contributed by atoms with Gasteiger partial charge in [-0.25, -0.2) is 4.79 Å². The van der Waals surface area contributed by atoms with Crippen molar-refractivity contribution in [1.82, 2.24) is 15.5 Å². The predicted molar refractivity (Wildman–Crippen MR) is 87.4 cm³/mol. The molecule has 2 N–H and O–H groups in total. The zero-order chi connectivity index (χ0) is 15.1. The van der Waals surface area contributed by atoms with E-state index >= 15 is 0 Å². The molecule has 0 fully saturated rings. The van der Waals surface area contributed by atoms with Crippen molar-refractivity contribution < 1.29 is 4.79 Å². The first-order valence-corrected chi connectivity index (χ1v) is 7.80. The van der Waals surface area contributed by atoms with Crippen molar-refractivity contribution in [2.45, 2.75) is 12.6 Å². The largest absolute Gasteiger partial charge is 0.336 e. The molecule has 0 spiro atoms. The van der Waals surface area contributed by atoms with Gasteiger partial charge in [0.05, 0.1) is 6.04 Å². The molecule has 2 amide bonds. The summed E-state index contributed by atoms with van der Waals surface area (Å²) in [5, 5.41) is 7.87. The highest BCUT2D eigenvalue weighted by atomic mass is 32.1. The molecule has 0 aliphatic carbocycles. The molecule has 21 heavy (non-hydrogen) atoms. The Bertz CT molecular complexity index is 540. The maximum Gasteiger partial charge on any atom is 0.315 e. The quantitative estimate of drug-likeness (QED) is 0.862. The van der Waals surface area contributed by atoms with E-state index in [1.165, 1.54) is 4.88 Å². The van der Waals surface area contributed by atoms with Gasteiger partial charge in [0.1, 0.15) is 0 Å². The number of nitrogens with zero attached hydrogens (tertiary/aromatic N) is 1. The summed E-state index contributed by atoms with van der Waals surface area (Å²) in [7, 11) is 4.04. The molecule has 0 bridgehead atoms. The van der Waals surface area contributed by atoms with Crippen LogP contribution in [-0.4, -0.2) is 31.6 Å². The maximum absolute atomic E-state index is 11.9. The van der Waals surface area contributed by atoms with Crippen molar-refractivity contribution in [2.24, 2.45) is 0 Å². The minimum atomic E-state index is -0.137. The first-order valence-electron chi connectivity index (χ1n) is 6.92. The van der Waals surface area contributed by atoms with Crippen molar-refractivity contribution in [1.29, 1.82) is 0 Å². The lowest BCUT2D eigenvalue weighted by Gasteiger charge is -2.23. The lowest BCUT2D eigenvalue weighted by atomic mass is 10.2. The minimum absolute atomic E-state index is 0.137. The lowest BCUT2D eigenvalue weighted by Crippen LogP contribution is -2.40. The van der Waals surface area contributed by atoms with E-state index in [1.807, 2.05) is 50.5 Å². The molecular formula is C16H21N3OS. The van der Waals surface area contributed by atoms with Crippen LogP contribution < -0.4 is 10.6 Å². The molecule has 5 heteroatoms. The molecule has 112 valence electrons. The highest BCUT2D eigenvalue weighted by molar-refractivity contribution is 7.10.